The molecule has 0 aliphatic carbocycles. The first-order valence-electron chi connectivity index (χ1n) is 5.46. The predicted octanol–water partition coefficient (Wildman–Crippen LogP) is 2.79. The lowest BCUT2D eigenvalue weighted by molar-refractivity contribution is 0.103. The predicted molar refractivity (Wildman–Crippen MR) is 67.2 cm³/mol. The zero-order valence-corrected chi connectivity index (χ0v) is 10.1. The average molecular weight is 263 g/mol. The van der Waals surface area contributed by atoms with Crippen molar-refractivity contribution in [2.75, 3.05) is 12.8 Å². The summed E-state index contributed by atoms with van der Waals surface area (Å²) in [4.78, 5) is 12.2. The minimum absolute atomic E-state index is 0.0340. The number of rotatable bonds is 3. The van der Waals surface area contributed by atoms with Crippen LogP contribution in [0, 0.1) is 11.6 Å². The highest BCUT2D eigenvalue weighted by Gasteiger charge is 2.16. The average Bonchev–Trinajstić information content (AvgIpc) is 2.41. The summed E-state index contributed by atoms with van der Waals surface area (Å²) >= 11 is 0. The van der Waals surface area contributed by atoms with E-state index < -0.39 is 17.4 Å². The minimum atomic E-state index is -0.693. The number of methoxy groups -OCH3 is 1. The minimum Gasteiger partial charge on any atom is -0.496 e. The highest BCUT2D eigenvalue weighted by molar-refractivity contribution is 6.10. The number of nitrogens with two attached hydrogens (primary N) is 1. The molecule has 19 heavy (non-hydrogen) atoms. The number of hydrogen-bond acceptors (Lipinski definition) is 3. The van der Waals surface area contributed by atoms with Crippen LogP contribution in [0.1, 0.15) is 15.9 Å². The molecule has 0 spiro atoms. The lowest BCUT2D eigenvalue weighted by Gasteiger charge is -2.08. The van der Waals surface area contributed by atoms with Gasteiger partial charge in [0.25, 0.3) is 0 Å². The van der Waals surface area contributed by atoms with Crippen LogP contribution in [0.3, 0.4) is 0 Å². The van der Waals surface area contributed by atoms with E-state index in [2.05, 4.69) is 0 Å². The third kappa shape index (κ3) is 2.54. The lowest BCUT2D eigenvalue weighted by atomic mass is 10.0. The summed E-state index contributed by atoms with van der Waals surface area (Å²) in [5.41, 5.74) is 5.40. The van der Waals surface area contributed by atoms with E-state index >= 15 is 0 Å². The van der Waals surface area contributed by atoms with Crippen LogP contribution in [-0.4, -0.2) is 12.9 Å². The Labute approximate surface area is 108 Å². The van der Waals surface area contributed by atoms with Crippen molar-refractivity contribution in [3.05, 3.63) is 59.2 Å². The van der Waals surface area contributed by atoms with Gasteiger partial charge in [-0.3, -0.25) is 4.79 Å². The SMILES string of the molecule is COc1ccc(F)cc1C(=O)c1ccc(N)c(F)c1. The fraction of sp³-hybridized carbons (Fsp3) is 0.0714. The molecule has 0 bridgehead atoms. The maximum absolute atomic E-state index is 13.3. The smallest absolute Gasteiger partial charge is 0.196 e. The molecule has 0 aliphatic rings. The van der Waals surface area contributed by atoms with E-state index in [-0.39, 0.29) is 22.6 Å². The molecule has 5 heteroatoms. The molecule has 0 amide bonds. The second-order valence-corrected chi connectivity index (χ2v) is 3.91. The summed E-state index contributed by atoms with van der Waals surface area (Å²) in [5.74, 6) is -1.57. The fourth-order valence-electron chi connectivity index (χ4n) is 1.68. The van der Waals surface area contributed by atoms with Crippen LogP contribution in [0.2, 0.25) is 0 Å². The second kappa shape index (κ2) is 5.06. The number of halogens is 2. The van der Waals surface area contributed by atoms with E-state index in [9.17, 15) is 13.6 Å². The van der Waals surface area contributed by atoms with Gasteiger partial charge in [-0.15, -0.1) is 0 Å². The zero-order valence-electron chi connectivity index (χ0n) is 10.1. The number of ketones is 1. The van der Waals surface area contributed by atoms with E-state index in [0.717, 1.165) is 12.1 Å². The molecule has 0 atom stereocenters. The molecule has 0 fully saturated rings. The molecule has 98 valence electrons. The van der Waals surface area contributed by atoms with E-state index in [4.69, 9.17) is 10.5 Å². The summed E-state index contributed by atoms with van der Waals surface area (Å²) in [7, 11) is 1.37. The van der Waals surface area contributed by atoms with Crippen LogP contribution in [-0.2, 0) is 0 Å². The molecule has 0 saturated heterocycles. The van der Waals surface area contributed by atoms with Crippen LogP contribution in [0.4, 0.5) is 14.5 Å². The molecule has 2 aromatic rings. The van der Waals surface area contributed by atoms with E-state index in [1.165, 1.54) is 31.4 Å². The van der Waals surface area contributed by atoms with Crippen LogP contribution in [0.25, 0.3) is 0 Å². The number of carbonyl (C=O) groups is 1. The van der Waals surface area contributed by atoms with Crippen molar-refractivity contribution in [3.8, 4) is 5.75 Å². The van der Waals surface area contributed by atoms with E-state index in [1.54, 1.807) is 0 Å². The number of nitrogen functional groups attached to an aromatic ring is 1. The van der Waals surface area contributed by atoms with Crippen molar-refractivity contribution in [2.24, 2.45) is 0 Å². The Morgan fingerprint density at radius 3 is 2.53 bits per heavy atom. The highest BCUT2D eigenvalue weighted by atomic mass is 19.1. The Kier molecular flexibility index (Phi) is 3.46. The summed E-state index contributed by atoms with van der Waals surface area (Å²) < 4.78 is 31.5. The van der Waals surface area contributed by atoms with Gasteiger partial charge in [-0.05, 0) is 36.4 Å². The Balaban J connectivity index is 2.49. The molecular weight excluding hydrogens is 252 g/mol. The van der Waals surface area contributed by atoms with Crippen molar-refractivity contribution in [3.63, 3.8) is 0 Å². The van der Waals surface area contributed by atoms with E-state index in [1.807, 2.05) is 0 Å². The monoisotopic (exact) mass is 263 g/mol. The third-order valence-corrected chi connectivity index (χ3v) is 2.67. The van der Waals surface area contributed by atoms with Gasteiger partial charge in [0.15, 0.2) is 5.78 Å². The Hall–Kier alpha value is -2.43. The molecule has 0 heterocycles. The Bertz CT molecular complexity index is 641. The van der Waals surface area contributed by atoms with Crippen molar-refractivity contribution < 1.29 is 18.3 Å². The fourth-order valence-corrected chi connectivity index (χ4v) is 1.68. The summed E-state index contributed by atoms with van der Waals surface area (Å²) in [6.45, 7) is 0. The van der Waals surface area contributed by atoms with Crippen molar-refractivity contribution in [1.29, 1.82) is 0 Å². The van der Waals surface area contributed by atoms with Crippen LogP contribution < -0.4 is 10.5 Å². The standard InChI is InChI=1S/C14H11F2NO2/c1-19-13-5-3-9(15)7-10(13)14(18)8-2-4-12(17)11(16)6-8/h2-7H,17H2,1H3. The molecule has 2 N–H and O–H groups in total. The van der Waals surface area contributed by atoms with Crippen molar-refractivity contribution in [2.45, 2.75) is 0 Å². The molecule has 0 aromatic heterocycles. The molecule has 0 saturated carbocycles. The molecular formula is C14H11F2NO2. The van der Waals surface area contributed by atoms with E-state index in [0.29, 0.717) is 0 Å². The maximum atomic E-state index is 13.3. The molecule has 0 unspecified atom stereocenters. The van der Waals surface area contributed by atoms with Crippen molar-refractivity contribution >= 4 is 11.5 Å². The van der Waals surface area contributed by atoms with Gasteiger partial charge in [0.1, 0.15) is 17.4 Å². The number of benzene rings is 2. The molecule has 0 radical (unpaired) electrons. The van der Waals surface area contributed by atoms with Crippen molar-refractivity contribution in [1.82, 2.24) is 0 Å². The van der Waals surface area contributed by atoms with Gasteiger partial charge in [0.2, 0.25) is 0 Å². The van der Waals surface area contributed by atoms with Gasteiger partial charge in [-0.1, -0.05) is 0 Å². The topological polar surface area (TPSA) is 52.3 Å². The normalized spacial score (nSPS) is 10.3. The summed E-state index contributed by atoms with van der Waals surface area (Å²) in [5, 5.41) is 0. The third-order valence-electron chi connectivity index (χ3n) is 2.67. The second-order valence-electron chi connectivity index (χ2n) is 3.91. The van der Waals surface area contributed by atoms with Gasteiger partial charge in [-0.2, -0.15) is 0 Å². The summed E-state index contributed by atoms with van der Waals surface area (Å²) in [6.07, 6.45) is 0. The van der Waals surface area contributed by atoms with Crippen LogP contribution in [0.5, 0.6) is 5.75 Å². The summed E-state index contributed by atoms with van der Waals surface area (Å²) in [6, 6.07) is 7.26. The Morgan fingerprint density at radius 2 is 1.89 bits per heavy atom. The number of hydrogen-bond donors (Lipinski definition) is 1. The molecule has 3 nitrogen and oxygen atoms in total. The van der Waals surface area contributed by atoms with Crippen LogP contribution in [0.15, 0.2) is 36.4 Å². The number of ether oxygens (including phenoxy) is 1. The lowest BCUT2D eigenvalue weighted by Crippen LogP contribution is -2.06. The maximum Gasteiger partial charge on any atom is 0.196 e. The molecule has 2 rings (SSSR count). The first-order valence-corrected chi connectivity index (χ1v) is 5.46. The van der Waals surface area contributed by atoms with Gasteiger partial charge < -0.3 is 10.5 Å². The van der Waals surface area contributed by atoms with Crippen LogP contribution >= 0.6 is 0 Å². The van der Waals surface area contributed by atoms with Gasteiger partial charge in [0.05, 0.1) is 18.4 Å². The first-order chi connectivity index (χ1) is 9.02. The van der Waals surface area contributed by atoms with Gasteiger partial charge in [-0.25, -0.2) is 8.78 Å². The molecule has 2 aromatic carbocycles. The quantitative estimate of drug-likeness (QED) is 0.684. The number of carbonyl (C=O) groups excluding carboxylic acids is 1. The molecule has 0 aliphatic heterocycles. The van der Waals surface area contributed by atoms with Gasteiger partial charge in [0, 0.05) is 5.56 Å². The highest BCUT2D eigenvalue weighted by Crippen LogP contribution is 2.23. The van der Waals surface area contributed by atoms with Gasteiger partial charge >= 0.3 is 0 Å². The first kappa shape index (κ1) is 13.0. The largest absolute Gasteiger partial charge is 0.496 e. The number of anilines is 1. The zero-order chi connectivity index (χ0) is 14.0. The Morgan fingerprint density at radius 1 is 1.16 bits per heavy atom.